The average Bonchev–Trinajstić information content (AvgIpc) is 2.71. The minimum Gasteiger partial charge on any atom is -0.326 e. The number of ketones is 1. The molecule has 2 amide bonds. The van der Waals surface area contributed by atoms with Gasteiger partial charge in [0.15, 0.2) is 5.78 Å². The fraction of sp³-hybridized carbons (Fsp3) is 0.375. The Kier molecular flexibility index (Phi) is 6.47. The minimum absolute atomic E-state index is 0.0290. The van der Waals surface area contributed by atoms with E-state index in [0.29, 0.717) is 36.9 Å². The average molecular weight is 392 g/mol. The van der Waals surface area contributed by atoms with Crippen LogP contribution in [0.15, 0.2) is 42.5 Å². The minimum atomic E-state index is -0.110. The number of carbonyl (C=O) groups is 3. The summed E-state index contributed by atoms with van der Waals surface area (Å²) in [6.07, 6.45) is 2.76. The third kappa shape index (κ3) is 5.31. The van der Waals surface area contributed by atoms with Crippen molar-refractivity contribution in [2.24, 2.45) is 11.8 Å². The molecule has 2 N–H and O–H groups in total. The maximum Gasteiger partial charge on any atom is 0.227 e. The van der Waals surface area contributed by atoms with Gasteiger partial charge in [-0.1, -0.05) is 18.2 Å². The predicted molar refractivity (Wildman–Crippen MR) is 115 cm³/mol. The van der Waals surface area contributed by atoms with Crippen molar-refractivity contribution in [2.45, 2.75) is 46.5 Å². The van der Waals surface area contributed by atoms with Crippen molar-refractivity contribution < 1.29 is 14.4 Å². The lowest BCUT2D eigenvalue weighted by molar-refractivity contribution is -0.125. The van der Waals surface area contributed by atoms with E-state index in [2.05, 4.69) is 10.6 Å². The molecule has 0 bridgehead atoms. The Balaban J connectivity index is 1.52. The van der Waals surface area contributed by atoms with Gasteiger partial charge in [0.1, 0.15) is 0 Å². The summed E-state index contributed by atoms with van der Waals surface area (Å²) in [6, 6.07) is 12.9. The van der Waals surface area contributed by atoms with Crippen LogP contribution >= 0.6 is 0 Å². The van der Waals surface area contributed by atoms with Gasteiger partial charge in [0.2, 0.25) is 11.8 Å². The largest absolute Gasteiger partial charge is 0.326 e. The maximum atomic E-state index is 12.6. The fourth-order valence-electron chi connectivity index (χ4n) is 3.74. The summed E-state index contributed by atoms with van der Waals surface area (Å²) >= 11 is 0. The Bertz CT molecular complexity index is 927. The Labute approximate surface area is 171 Å². The summed E-state index contributed by atoms with van der Waals surface area (Å²) in [6.45, 7) is 5.58. The van der Waals surface area contributed by atoms with Crippen LogP contribution in [0.2, 0.25) is 0 Å². The number of carbonyl (C=O) groups excluding carboxylic acids is 3. The quantitative estimate of drug-likeness (QED) is 0.712. The number of hydrogen-bond donors (Lipinski definition) is 2. The topological polar surface area (TPSA) is 75.3 Å². The van der Waals surface area contributed by atoms with E-state index >= 15 is 0 Å². The number of anilines is 2. The first-order chi connectivity index (χ1) is 13.8. The van der Waals surface area contributed by atoms with Crippen LogP contribution in [-0.4, -0.2) is 17.6 Å². The number of hydrogen-bond acceptors (Lipinski definition) is 3. The van der Waals surface area contributed by atoms with Crippen molar-refractivity contribution in [2.75, 3.05) is 10.6 Å². The van der Waals surface area contributed by atoms with Crippen LogP contribution in [0, 0.1) is 25.7 Å². The summed E-state index contributed by atoms with van der Waals surface area (Å²) < 4.78 is 0. The molecule has 0 heterocycles. The van der Waals surface area contributed by atoms with Gasteiger partial charge in [0.05, 0.1) is 0 Å². The Morgan fingerprint density at radius 2 is 1.31 bits per heavy atom. The lowest BCUT2D eigenvalue weighted by Crippen LogP contribution is -2.32. The zero-order valence-electron chi connectivity index (χ0n) is 17.2. The summed E-state index contributed by atoms with van der Waals surface area (Å²) in [5.41, 5.74) is 4.38. The third-order valence-electron chi connectivity index (χ3n) is 5.78. The normalized spacial score (nSPS) is 18.7. The number of Topliss-reactive ketones (excluding diaryl/α,β-unsaturated/α-hetero) is 1. The zero-order valence-corrected chi connectivity index (χ0v) is 17.2. The molecule has 152 valence electrons. The molecule has 0 saturated heterocycles. The van der Waals surface area contributed by atoms with Gasteiger partial charge in [0.25, 0.3) is 0 Å². The molecule has 5 nitrogen and oxygen atoms in total. The van der Waals surface area contributed by atoms with Crippen LogP contribution in [0.1, 0.15) is 54.1 Å². The zero-order chi connectivity index (χ0) is 21.0. The molecule has 1 saturated carbocycles. The molecule has 29 heavy (non-hydrogen) atoms. The van der Waals surface area contributed by atoms with Crippen LogP contribution in [0.3, 0.4) is 0 Å². The molecule has 5 heteroatoms. The predicted octanol–water partition coefficient (Wildman–Crippen LogP) is 4.89. The van der Waals surface area contributed by atoms with Crippen molar-refractivity contribution in [3.8, 4) is 0 Å². The van der Waals surface area contributed by atoms with Crippen molar-refractivity contribution in [1.29, 1.82) is 0 Å². The standard InChI is InChI=1S/C24H28N2O3/c1-15-7-12-22(13-16(15)2)26-24(29)19-10-8-18(9-11-19)23(28)25-21-6-4-5-20(14-21)17(3)27/h4-7,12-14,18-19H,8-11H2,1-3H3,(H,25,28)(H,26,29). The summed E-state index contributed by atoms with van der Waals surface area (Å²) in [5, 5.41) is 5.92. The lowest BCUT2D eigenvalue weighted by Gasteiger charge is -2.27. The highest BCUT2D eigenvalue weighted by atomic mass is 16.2. The van der Waals surface area contributed by atoms with Gasteiger partial charge in [-0.2, -0.15) is 0 Å². The molecule has 0 unspecified atom stereocenters. The molecule has 1 aliphatic carbocycles. The van der Waals surface area contributed by atoms with Gasteiger partial charge in [-0.15, -0.1) is 0 Å². The molecular formula is C24H28N2O3. The van der Waals surface area contributed by atoms with Crippen molar-refractivity contribution in [3.63, 3.8) is 0 Å². The third-order valence-corrected chi connectivity index (χ3v) is 5.78. The molecule has 0 radical (unpaired) electrons. The highest BCUT2D eigenvalue weighted by molar-refractivity contribution is 5.98. The highest BCUT2D eigenvalue weighted by Gasteiger charge is 2.30. The van der Waals surface area contributed by atoms with Gasteiger partial charge in [-0.25, -0.2) is 0 Å². The van der Waals surface area contributed by atoms with Gasteiger partial charge in [-0.05, 0) is 81.8 Å². The van der Waals surface area contributed by atoms with Crippen molar-refractivity contribution in [1.82, 2.24) is 0 Å². The van der Waals surface area contributed by atoms with E-state index in [9.17, 15) is 14.4 Å². The molecular weight excluding hydrogens is 364 g/mol. The smallest absolute Gasteiger partial charge is 0.227 e. The Morgan fingerprint density at radius 1 is 0.759 bits per heavy atom. The molecule has 2 aromatic carbocycles. The number of rotatable bonds is 5. The first-order valence-corrected chi connectivity index (χ1v) is 10.1. The molecule has 1 fully saturated rings. The number of nitrogens with one attached hydrogen (secondary N) is 2. The second-order valence-electron chi connectivity index (χ2n) is 7.96. The van der Waals surface area contributed by atoms with E-state index in [-0.39, 0.29) is 29.4 Å². The van der Waals surface area contributed by atoms with Gasteiger partial charge >= 0.3 is 0 Å². The van der Waals surface area contributed by atoms with Gasteiger partial charge in [0, 0.05) is 28.8 Å². The summed E-state index contributed by atoms with van der Waals surface area (Å²) in [5.74, 6) is -0.222. The highest BCUT2D eigenvalue weighted by Crippen LogP contribution is 2.31. The lowest BCUT2D eigenvalue weighted by atomic mass is 9.81. The Hall–Kier alpha value is -2.95. The SMILES string of the molecule is CC(=O)c1cccc(NC(=O)C2CCC(C(=O)Nc3ccc(C)c(C)c3)CC2)c1. The van der Waals surface area contributed by atoms with Crippen molar-refractivity contribution in [3.05, 3.63) is 59.2 Å². The number of benzene rings is 2. The fourth-order valence-corrected chi connectivity index (χ4v) is 3.74. The van der Waals surface area contributed by atoms with E-state index in [1.54, 1.807) is 24.3 Å². The second kappa shape index (κ2) is 9.03. The molecule has 0 aromatic heterocycles. The molecule has 0 aliphatic heterocycles. The molecule has 0 atom stereocenters. The number of aryl methyl sites for hydroxylation is 2. The van der Waals surface area contributed by atoms with Crippen LogP contribution in [0.25, 0.3) is 0 Å². The second-order valence-corrected chi connectivity index (χ2v) is 7.96. The van der Waals surface area contributed by atoms with Gasteiger partial charge in [-0.3, -0.25) is 14.4 Å². The van der Waals surface area contributed by atoms with Gasteiger partial charge < -0.3 is 10.6 Å². The van der Waals surface area contributed by atoms with E-state index < -0.39 is 0 Å². The first-order valence-electron chi connectivity index (χ1n) is 10.1. The molecule has 3 rings (SSSR count). The van der Waals surface area contributed by atoms with E-state index in [0.717, 1.165) is 11.3 Å². The van der Waals surface area contributed by atoms with E-state index in [1.165, 1.54) is 12.5 Å². The van der Waals surface area contributed by atoms with Crippen molar-refractivity contribution >= 4 is 29.0 Å². The maximum absolute atomic E-state index is 12.6. The molecule has 1 aliphatic rings. The molecule has 0 spiro atoms. The monoisotopic (exact) mass is 392 g/mol. The van der Waals surface area contributed by atoms with Crippen LogP contribution in [0.5, 0.6) is 0 Å². The van der Waals surface area contributed by atoms with E-state index in [4.69, 9.17) is 0 Å². The van der Waals surface area contributed by atoms with Crippen LogP contribution in [0.4, 0.5) is 11.4 Å². The first kappa shape index (κ1) is 20.8. The molecule has 2 aromatic rings. The summed E-state index contributed by atoms with van der Waals surface area (Å²) in [7, 11) is 0. The number of amides is 2. The van der Waals surface area contributed by atoms with E-state index in [1.807, 2.05) is 32.0 Å². The summed E-state index contributed by atoms with van der Waals surface area (Å²) in [4.78, 5) is 36.7. The van der Waals surface area contributed by atoms with Crippen LogP contribution < -0.4 is 10.6 Å². The van der Waals surface area contributed by atoms with Crippen LogP contribution in [-0.2, 0) is 9.59 Å². The Morgan fingerprint density at radius 3 is 1.83 bits per heavy atom.